The summed E-state index contributed by atoms with van der Waals surface area (Å²) in [5, 5.41) is 17.5. The van der Waals surface area contributed by atoms with E-state index in [9.17, 15) is 19.5 Å². The normalized spacial score (nSPS) is 17.0. The van der Waals surface area contributed by atoms with Gasteiger partial charge >= 0.3 is 6.09 Å². The summed E-state index contributed by atoms with van der Waals surface area (Å²) in [5.41, 5.74) is 8.32. The highest BCUT2D eigenvalue weighted by atomic mass is 16.6. The number of nitrogens with one attached hydrogen (secondary N) is 2. The molecule has 2 aromatic carbocycles. The molecule has 3 rings (SSSR count). The van der Waals surface area contributed by atoms with Gasteiger partial charge in [0.05, 0.1) is 12.1 Å². The number of aliphatic hydroxyl groups excluding tert-OH is 1. The number of carbonyl (C=O) groups is 3. The second-order valence-corrected chi connectivity index (χ2v) is 13.5. The molecule has 0 spiro atoms. The average molecular weight is 609 g/mol. The van der Waals surface area contributed by atoms with Crippen LogP contribution in [0.4, 0.5) is 4.79 Å². The number of piperidine rings is 1. The fourth-order valence-electron chi connectivity index (χ4n) is 5.46. The van der Waals surface area contributed by atoms with Crippen molar-refractivity contribution in [1.29, 1.82) is 0 Å². The molecule has 3 amide bonds. The number of amides is 3. The largest absolute Gasteiger partial charge is 0.444 e. The van der Waals surface area contributed by atoms with Crippen LogP contribution in [0.1, 0.15) is 70.6 Å². The van der Waals surface area contributed by atoms with Crippen LogP contribution in [-0.4, -0.2) is 70.8 Å². The Morgan fingerprint density at radius 1 is 0.955 bits per heavy atom. The first-order chi connectivity index (χ1) is 20.7. The van der Waals surface area contributed by atoms with E-state index in [0.29, 0.717) is 25.9 Å². The fourth-order valence-corrected chi connectivity index (χ4v) is 5.46. The van der Waals surface area contributed by atoms with Gasteiger partial charge in [0.2, 0.25) is 11.8 Å². The predicted molar refractivity (Wildman–Crippen MR) is 173 cm³/mol. The number of hydrogen-bond acceptors (Lipinski definition) is 6. The van der Waals surface area contributed by atoms with Gasteiger partial charge in [0.15, 0.2) is 0 Å². The van der Waals surface area contributed by atoms with Crippen molar-refractivity contribution in [3.8, 4) is 0 Å². The summed E-state index contributed by atoms with van der Waals surface area (Å²) >= 11 is 0. The van der Waals surface area contributed by atoms with E-state index in [2.05, 4.69) is 10.6 Å². The van der Waals surface area contributed by atoms with Gasteiger partial charge in [-0.3, -0.25) is 9.59 Å². The Hall–Kier alpha value is -3.43. The number of nitrogens with two attached hydrogens (primary N) is 1. The molecule has 9 heteroatoms. The summed E-state index contributed by atoms with van der Waals surface area (Å²) in [6.45, 7) is 12.3. The maximum atomic E-state index is 14.0. The molecule has 4 atom stereocenters. The van der Waals surface area contributed by atoms with Crippen LogP contribution < -0.4 is 16.4 Å². The number of nitrogens with zero attached hydrogens (tertiary/aromatic N) is 1. The highest BCUT2D eigenvalue weighted by Gasteiger charge is 2.35. The lowest BCUT2D eigenvalue weighted by molar-refractivity contribution is -0.139. The Morgan fingerprint density at radius 2 is 1.55 bits per heavy atom. The molecule has 5 N–H and O–H groups in total. The molecule has 44 heavy (non-hydrogen) atoms. The van der Waals surface area contributed by atoms with Crippen LogP contribution in [0, 0.1) is 18.8 Å². The van der Waals surface area contributed by atoms with Gasteiger partial charge in [0.1, 0.15) is 11.6 Å². The van der Waals surface area contributed by atoms with Crippen LogP contribution in [0.15, 0.2) is 54.6 Å². The van der Waals surface area contributed by atoms with Crippen LogP contribution >= 0.6 is 0 Å². The summed E-state index contributed by atoms with van der Waals surface area (Å²) in [6, 6.07) is 16.2. The monoisotopic (exact) mass is 608 g/mol. The molecule has 1 aliphatic heterocycles. The molecule has 1 saturated heterocycles. The lowest BCUT2D eigenvalue weighted by Gasteiger charge is -2.35. The lowest BCUT2D eigenvalue weighted by atomic mass is 9.88. The van der Waals surface area contributed by atoms with Gasteiger partial charge < -0.3 is 31.1 Å². The van der Waals surface area contributed by atoms with Crippen LogP contribution in [0.3, 0.4) is 0 Å². The zero-order valence-corrected chi connectivity index (χ0v) is 27.2. The molecule has 4 unspecified atom stereocenters. The number of rotatable bonds is 12. The van der Waals surface area contributed by atoms with Crippen molar-refractivity contribution in [3.63, 3.8) is 0 Å². The number of likely N-dealkylation sites (tertiary alicyclic amines) is 1. The first kappa shape index (κ1) is 35.1. The second kappa shape index (κ2) is 16.0. The molecule has 0 radical (unpaired) electrons. The molecular weight excluding hydrogens is 556 g/mol. The molecule has 0 aliphatic carbocycles. The molecule has 0 bridgehead atoms. The fraction of sp³-hybridized carbons (Fsp3) is 0.571. The maximum Gasteiger partial charge on any atom is 0.407 e. The van der Waals surface area contributed by atoms with E-state index in [1.165, 1.54) is 0 Å². The van der Waals surface area contributed by atoms with E-state index < -0.39 is 35.8 Å². The SMILES string of the molecule is Cc1ccc(CC(CC(O)C(Cc2ccccc2)NC(=O)OC(C)(C)C)C(=O)NC(C(=O)N2CCC(N)CC2)C(C)C)cc1. The van der Waals surface area contributed by atoms with Gasteiger partial charge in [0, 0.05) is 25.0 Å². The number of aliphatic hydroxyl groups is 1. The van der Waals surface area contributed by atoms with Crippen molar-refractivity contribution in [3.05, 3.63) is 71.3 Å². The zero-order chi connectivity index (χ0) is 32.4. The smallest absolute Gasteiger partial charge is 0.407 e. The molecule has 2 aromatic rings. The molecule has 1 aliphatic rings. The number of benzene rings is 2. The summed E-state index contributed by atoms with van der Waals surface area (Å²) in [4.78, 5) is 42.1. The molecule has 1 fully saturated rings. The molecular formula is C35H52N4O5. The Labute approximate surface area is 262 Å². The standard InChI is InChI=1S/C35H52N4O5/c1-23(2)31(33(42)39-18-16-28(36)17-19-39)38-32(41)27(20-26-14-12-24(3)13-15-26)22-30(40)29(21-25-10-8-7-9-11-25)37-34(43)44-35(4,5)6/h7-15,23,27-31,40H,16-22,36H2,1-6H3,(H,37,43)(H,38,41). The first-order valence-electron chi connectivity index (χ1n) is 15.8. The third-order valence-electron chi connectivity index (χ3n) is 8.05. The Morgan fingerprint density at radius 3 is 2.11 bits per heavy atom. The van der Waals surface area contributed by atoms with Crippen molar-refractivity contribution in [2.24, 2.45) is 17.6 Å². The Kier molecular flexibility index (Phi) is 12.8. The van der Waals surface area contributed by atoms with E-state index in [1.807, 2.05) is 75.4 Å². The van der Waals surface area contributed by atoms with Crippen molar-refractivity contribution in [1.82, 2.24) is 15.5 Å². The number of hydrogen-bond donors (Lipinski definition) is 4. The van der Waals surface area contributed by atoms with E-state index in [0.717, 1.165) is 29.5 Å². The second-order valence-electron chi connectivity index (χ2n) is 13.5. The van der Waals surface area contributed by atoms with Gasteiger partial charge in [-0.2, -0.15) is 0 Å². The van der Waals surface area contributed by atoms with E-state index in [4.69, 9.17) is 10.5 Å². The van der Waals surface area contributed by atoms with Crippen molar-refractivity contribution in [2.45, 2.75) is 103 Å². The lowest BCUT2D eigenvalue weighted by Crippen LogP contribution is -2.55. The molecule has 9 nitrogen and oxygen atoms in total. The predicted octanol–water partition coefficient (Wildman–Crippen LogP) is 4.13. The molecule has 242 valence electrons. The van der Waals surface area contributed by atoms with E-state index in [-0.39, 0.29) is 30.2 Å². The van der Waals surface area contributed by atoms with Gasteiger partial charge in [-0.25, -0.2) is 4.79 Å². The van der Waals surface area contributed by atoms with Gasteiger partial charge in [0.25, 0.3) is 0 Å². The van der Waals surface area contributed by atoms with Crippen molar-refractivity contribution < 1.29 is 24.2 Å². The maximum absolute atomic E-state index is 14.0. The quantitative estimate of drug-likeness (QED) is 0.286. The minimum Gasteiger partial charge on any atom is -0.444 e. The topological polar surface area (TPSA) is 134 Å². The third-order valence-corrected chi connectivity index (χ3v) is 8.05. The first-order valence-corrected chi connectivity index (χ1v) is 15.8. The highest BCUT2D eigenvalue weighted by molar-refractivity contribution is 5.89. The number of ether oxygens (including phenoxy) is 1. The summed E-state index contributed by atoms with van der Waals surface area (Å²) in [6.07, 6.45) is 0.560. The molecule has 1 heterocycles. The minimum atomic E-state index is -1.07. The molecule has 0 aromatic heterocycles. The third kappa shape index (κ3) is 11.2. The van der Waals surface area contributed by atoms with E-state index >= 15 is 0 Å². The van der Waals surface area contributed by atoms with Crippen LogP contribution in [0.25, 0.3) is 0 Å². The van der Waals surface area contributed by atoms with Gasteiger partial charge in [-0.15, -0.1) is 0 Å². The zero-order valence-electron chi connectivity index (χ0n) is 27.2. The van der Waals surface area contributed by atoms with Crippen LogP contribution in [-0.2, 0) is 27.2 Å². The Balaban J connectivity index is 1.84. The Bertz CT molecular complexity index is 1200. The van der Waals surface area contributed by atoms with Gasteiger partial charge in [-0.05, 0) is 76.8 Å². The number of carbonyl (C=O) groups excluding carboxylic acids is 3. The number of alkyl carbamates (subject to hydrolysis) is 1. The average Bonchev–Trinajstić information content (AvgIpc) is 2.95. The summed E-state index contributed by atoms with van der Waals surface area (Å²) < 4.78 is 5.49. The summed E-state index contributed by atoms with van der Waals surface area (Å²) in [5.74, 6) is -1.20. The number of aryl methyl sites for hydroxylation is 1. The van der Waals surface area contributed by atoms with Crippen molar-refractivity contribution in [2.75, 3.05) is 13.1 Å². The van der Waals surface area contributed by atoms with E-state index in [1.54, 1.807) is 25.7 Å². The van der Waals surface area contributed by atoms with Crippen molar-refractivity contribution >= 4 is 17.9 Å². The minimum absolute atomic E-state index is 0.0740. The highest BCUT2D eigenvalue weighted by Crippen LogP contribution is 2.21. The van der Waals surface area contributed by atoms with Gasteiger partial charge in [-0.1, -0.05) is 74.0 Å². The summed E-state index contributed by atoms with van der Waals surface area (Å²) in [7, 11) is 0. The molecule has 0 saturated carbocycles. The van der Waals surface area contributed by atoms with Crippen LogP contribution in [0.5, 0.6) is 0 Å². The van der Waals surface area contributed by atoms with Crippen LogP contribution in [0.2, 0.25) is 0 Å².